The van der Waals surface area contributed by atoms with Gasteiger partial charge in [0.25, 0.3) is 0 Å². The highest BCUT2D eigenvalue weighted by atomic mass is 16.5. The summed E-state index contributed by atoms with van der Waals surface area (Å²) in [5.41, 5.74) is 5.04. The van der Waals surface area contributed by atoms with Crippen molar-refractivity contribution in [2.24, 2.45) is 0 Å². The average Bonchev–Trinajstić information content (AvgIpc) is 3.21. The summed E-state index contributed by atoms with van der Waals surface area (Å²) < 4.78 is 11.5. The maximum absolute atomic E-state index is 5.76. The third kappa shape index (κ3) is 3.47. The second-order valence-electron chi connectivity index (χ2n) is 7.42. The number of piperidine rings is 1. The molecule has 0 radical (unpaired) electrons. The van der Waals surface area contributed by atoms with Gasteiger partial charge in [0.15, 0.2) is 0 Å². The molecule has 3 aromatic rings. The molecule has 0 aliphatic carbocycles. The number of hydrogen-bond acceptors (Lipinski definition) is 3. The second kappa shape index (κ2) is 7.75. The fourth-order valence-corrected chi connectivity index (χ4v) is 4.39. The van der Waals surface area contributed by atoms with Crippen molar-refractivity contribution in [1.82, 2.24) is 9.88 Å². The van der Waals surface area contributed by atoms with Crippen molar-refractivity contribution in [2.75, 3.05) is 20.8 Å². The molecule has 1 N–H and O–H groups in total. The first-order valence-corrected chi connectivity index (χ1v) is 9.66. The van der Waals surface area contributed by atoms with Crippen molar-refractivity contribution in [3.05, 3.63) is 65.4 Å². The fourth-order valence-electron chi connectivity index (χ4n) is 4.39. The summed E-state index contributed by atoms with van der Waals surface area (Å²) in [6.07, 6.45) is 4.42. The predicted octanol–water partition coefficient (Wildman–Crippen LogP) is 4.84. The number of ether oxygens (including phenoxy) is 2. The number of hydrogen-bond donors (Lipinski definition) is 1. The first kappa shape index (κ1) is 18.1. The topological polar surface area (TPSA) is 37.5 Å². The van der Waals surface area contributed by atoms with Crippen LogP contribution in [0, 0.1) is 6.92 Å². The lowest BCUT2D eigenvalue weighted by atomic mass is 9.92. The Labute approximate surface area is 161 Å². The summed E-state index contributed by atoms with van der Waals surface area (Å²) in [6, 6.07) is 15.5. The highest BCUT2D eigenvalue weighted by molar-refractivity contribution is 5.88. The molecule has 0 amide bonds. The lowest BCUT2D eigenvalue weighted by Crippen LogP contribution is -2.39. The minimum Gasteiger partial charge on any atom is -0.496 e. The smallest absolute Gasteiger partial charge is 0.124 e. The van der Waals surface area contributed by atoms with Crippen LogP contribution in [0.4, 0.5) is 0 Å². The molecule has 0 bridgehead atoms. The Kier molecular flexibility index (Phi) is 5.19. The van der Waals surface area contributed by atoms with Gasteiger partial charge < -0.3 is 14.5 Å². The van der Waals surface area contributed by atoms with Crippen LogP contribution in [0.3, 0.4) is 0 Å². The van der Waals surface area contributed by atoms with E-state index in [0.29, 0.717) is 12.1 Å². The zero-order chi connectivity index (χ0) is 18.8. The van der Waals surface area contributed by atoms with Crippen LogP contribution < -0.4 is 4.74 Å². The number of benzene rings is 2. The number of aromatic amines is 1. The molecule has 0 spiro atoms. The molecule has 1 fully saturated rings. The number of rotatable bonds is 5. The second-order valence-corrected chi connectivity index (χ2v) is 7.42. The lowest BCUT2D eigenvalue weighted by Gasteiger charge is -2.39. The summed E-state index contributed by atoms with van der Waals surface area (Å²) in [7, 11) is 3.59. The molecule has 1 saturated heterocycles. The minimum absolute atomic E-state index is 0.318. The van der Waals surface area contributed by atoms with Crippen LogP contribution >= 0.6 is 0 Å². The number of aryl methyl sites for hydroxylation is 1. The monoisotopic (exact) mass is 364 g/mol. The van der Waals surface area contributed by atoms with Crippen LogP contribution in [0.2, 0.25) is 0 Å². The van der Waals surface area contributed by atoms with E-state index in [4.69, 9.17) is 9.47 Å². The molecule has 0 saturated carbocycles. The first-order valence-electron chi connectivity index (χ1n) is 9.66. The summed E-state index contributed by atoms with van der Waals surface area (Å²) >= 11 is 0. The van der Waals surface area contributed by atoms with Crippen molar-refractivity contribution in [1.29, 1.82) is 0 Å². The van der Waals surface area contributed by atoms with Gasteiger partial charge >= 0.3 is 0 Å². The van der Waals surface area contributed by atoms with E-state index in [0.717, 1.165) is 31.7 Å². The Hall–Kier alpha value is -2.30. The van der Waals surface area contributed by atoms with E-state index in [2.05, 4.69) is 59.3 Å². The number of H-pyrrole nitrogens is 1. The van der Waals surface area contributed by atoms with Gasteiger partial charge in [0, 0.05) is 48.9 Å². The molecule has 1 aliphatic heterocycles. The molecule has 142 valence electrons. The maximum Gasteiger partial charge on any atom is 0.124 e. The number of likely N-dealkylation sites (tertiary alicyclic amines) is 1. The van der Waals surface area contributed by atoms with Crippen LogP contribution in [-0.2, 0) is 11.3 Å². The van der Waals surface area contributed by atoms with E-state index in [1.54, 1.807) is 7.11 Å². The molecule has 1 aromatic heterocycles. The standard InChI is InChI=1S/C23H28N2O2/c1-16-13-22(27-3)20(19-9-11-24-23(16)19)15-25-12-10-18(26-2)14-21(25)17-7-5-4-6-8-17/h4-9,11,13,18,21,24H,10,12,14-15H2,1-3H3/t18-,21-/m0/s1. The van der Waals surface area contributed by atoms with Crippen molar-refractivity contribution in [2.45, 2.75) is 38.5 Å². The zero-order valence-electron chi connectivity index (χ0n) is 16.4. The Morgan fingerprint density at radius 2 is 1.96 bits per heavy atom. The molecule has 1 aliphatic rings. The van der Waals surface area contributed by atoms with Gasteiger partial charge in [-0.15, -0.1) is 0 Å². The highest BCUT2D eigenvalue weighted by Gasteiger charge is 2.30. The van der Waals surface area contributed by atoms with Crippen molar-refractivity contribution >= 4 is 10.9 Å². The van der Waals surface area contributed by atoms with Gasteiger partial charge in [-0.3, -0.25) is 4.90 Å². The molecule has 4 rings (SSSR count). The van der Waals surface area contributed by atoms with E-state index in [1.165, 1.54) is 27.6 Å². The molecule has 4 nitrogen and oxygen atoms in total. The normalized spacial score (nSPS) is 20.9. The SMILES string of the molecule is COc1cc(C)c2[nH]ccc2c1CN1CC[C@H](OC)C[C@H]1c1ccccc1. The lowest BCUT2D eigenvalue weighted by molar-refractivity contribution is 0.00676. The third-order valence-corrected chi connectivity index (χ3v) is 5.88. The molecule has 0 unspecified atom stereocenters. The van der Waals surface area contributed by atoms with E-state index in [9.17, 15) is 0 Å². The Morgan fingerprint density at radius 3 is 2.70 bits per heavy atom. The molecular formula is C23H28N2O2. The zero-order valence-corrected chi connectivity index (χ0v) is 16.4. The van der Waals surface area contributed by atoms with Crippen LogP contribution in [0.1, 0.15) is 35.6 Å². The quantitative estimate of drug-likeness (QED) is 0.704. The van der Waals surface area contributed by atoms with Crippen LogP contribution in [0.5, 0.6) is 5.75 Å². The number of methoxy groups -OCH3 is 2. The summed E-state index contributed by atoms with van der Waals surface area (Å²) in [5.74, 6) is 0.972. The summed E-state index contributed by atoms with van der Waals surface area (Å²) in [6.45, 7) is 4.01. The van der Waals surface area contributed by atoms with Gasteiger partial charge in [-0.25, -0.2) is 0 Å². The first-order chi connectivity index (χ1) is 13.2. The summed E-state index contributed by atoms with van der Waals surface area (Å²) in [4.78, 5) is 5.96. The van der Waals surface area contributed by atoms with Gasteiger partial charge in [0.2, 0.25) is 0 Å². The molecule has 2 atom stereocenters. The van der Waals surface area contributed by atoms with Gasteiger partial charge in [0.05, 0.1) is 13.2 Å². The van der Waals surface area contributed by atoms with E-state index in [-0.39, 0.29) is 0 Å². The Bertz CT molecular complexity index is 903. The largest absolute Gasteiger partial charge is 0.496 e. The molecular weight excluding hydrogens is 336 g/mol. The number of nitrogens with zero attached hydrogens (tertiary/aromatic N) is 1. The molecule has 2 aromatic carbocycles. The van der Waals surface area contributed by atoms with Crippen LogP contribution in [-0.4, -0.2) is 36.8 Å². The van der Waals surface area contributed by atoms with E-state index in [1.807, 2.05) is 13.3 Å². The van der Waals surface area contributed by atoms with Crippen molar-refractivity contribution < 1.29 is 9.47 Å². The minimum atomic E-state index is 0.318. The number of fused-ring (bicyclic) bond motifs is 1. The molecule has 27 heavy (non-hydrogen) atoms. The van der Waals surface area contributed by atoms with Crippen molar-refractivity contribution in [3.8, 4) is 5.75 Å². The van der Waals surface area contributed by atoms with E-state index >= 15 is 0 Å². The Morgan fingerprint density at radius 1 is 1.15 bits per heavy atom. The average molecular weight is 364 g/mol. The molecule has 2 heterocycles. The summed E-state index contributed by atoms with van der Waals surface area (Å²) in [5, 5.41) is 1.26. The van der Waals surface area contributed by atoms with Gasteiger partial charge in [0.1, 0.15) is 5.75 Å². The number of nitrogens with one attached hydrogen (secondary N) is 1. The molecule has 4 heteroatoms. The van der Waals surface area contributed by atoms with Gasteiger partial charge in [-0.1, -0.05) is 30.3 Å². The fraction of sp³-hybridized carbons (Fsp3) is 0.391. The number of aromatic nitrogens is 1. The highest BCUT2D eigenvalue weighted by Crippen LogP contribution is 2.37. The van der Waals surface area contributed by atoms with Crippen LogP contribution in [0.15, 0.2) is 48.7 Å². The van der Waals surface area contributed by atoms with Crippen LogP contribution in [0.25, 0.3) is 10.9 Å². The third-order valence-electron chi connectivity index (χ3n) is 5.88. The van der Waals surface area contributed by atoms with Crippen molar-refractivity contribution in [3.63, 3.8) is 0 Å². The Balaban J connectivity index is 1.71. The van der Waals surface area contributed by atoms with E-state index < -0.39 is 0 Å². The maximum atomic E-state index is 5.76. The predicted molar refractivity (Wildman–Crippen MR) is 109 cm³/mol. The van der Waals surface area contributed by atoms with Gasteiger partial charge in [-0.05, 0) is 43.0 Å². The van der Waals surface area contributed by atoms with Gasteiger partial charge in [-0.2, -0.15) is 0 Å².